The molecule has 1 aliphatic heterocycles. The van der Waals surface area contributed by atoms with Crippen molar-refractivity contribution in [3.05, 3.63) is 21.9 Å². The first kappa shape index (κ1) is 16.2. The Morgan fingerprint density at radius 2 is 2.14 bits per heavy atom. The summed E-state index contributed by atoms with van der Waals surface area (Å²) in [7, 11) is 0. The Bertz CT molecular complexity index is 563. The number of thiophene rings is 1. The molecule has 0 fully saturated rings. The lowest BCUT2D eigenvalue weighted by atomic mass is 9.96. The molecule has 1 amide bonds. The van der Waals surface area contributed by atoms with E-state index in [1.165, 1.54) is 17.4 Å². The number of halogens is 5. The lowest BCUT2D eigenvalue weighted by Crippen LogP contribution is -2.52. The topological polar surface area (TPSA) is 37.4 Å². The second-order valence-electron chi connectivity index (χ2n) is 4.47. The van der Waals surface area contributed by atoms with Crippen molar-refractivity contribution in [3.8, 4) is 0 Å². The van der Waals surface area contributed by atoms with Gasteiger partial charge in [0.2, 0.25) is 0 Å². The van der Waals surface area contributed by atoms with Gasteiger partial charge in [-0.3, -0.25) is 9.59 Å². The number of Topliss-reactive ketones (excluding diaryl/α,β-unsaturated/α-hetero) is 1. The van der Waals surface area contributed by atoms with Crippen molar-refractivity contribution in [2.75, 3.05) is 12.4 Å². The van der Waals surface area contributed by atoms with Crippen molar-refractivity contribution >= 4 is 34.6 Å². The Hall–Kier alpha value is -1.15. The highest BCUT2D eigenvalue weighted by Crippen LogP contribution is 2.37. The molecule has 0 N–H and O–H groups in total. The summed E-state index contributed by atoms with van der Waals surface area (Å²) in [5.41, 5.74) is 0.385. The number of alkyl halides is 5. The molecule has 2 heterocycles. The number of nitrogens with zero attached hydrogens (tertiary/aromatic N) is 1. The van der Waals surface area contributed by atoms with Gasteiger partial charge in [0, 0.05) is 11.4 Å². The minimum absolute atomic E-state index is 0.220. The van der Waals surface area contributed by atoms with Gasteiger partial charge in [0.1, 0.15) is 6.04 Å². The highest BCUT2D eigenvalue weighted by molar-refractivity contribution is 7.10. The smallest absolute Gasteiger partial charge is 0.323 e. The summed E-state index contributed by atoms with van der Waals surface area (Å²) in [5, 5.41) is 1.65. The van der Waals surface area contributed by atoms with Gasteiger partial charge in [0.25, 0.3) is 5.91 Å². The monoisotopic (exact) mass is 343 g/mol. The molecule has 9 heteroatoms. The Balaban J connectivity index is 2.39. The summed E-state index contributed by atoms with van der Waals surface area (Å²) in [6, 6.07) is 0.198. The van der Waals surface area contributed by atoms with E-state index in [4.69, 9.17) is 11.6 Å². The highest BCUT2D eigenvalue weighted by atomic mass is 35.5. The van der Waals surface area contributed by atoms with Crippen LogP contribution >= 0.6 is 22.9 Å². The number of carbonyl (C=O) groups excluding carboxylic acids is 2. The van der Waals surface area contributed by atoms with Crippen LogP contribution in [-0.4, -0.2) is 41.4 Å². The van der Waals surface area contributed by atoms with Gasteiger partial charge in [-0.05, 0) is 23.4 Å². The maximum atomic E-state index is 13.3. The fourth-order valence-electron chi connectivity index (χ4n) is 2.24. The van der Waals surface area contributed by atoms with Gasteiger partial charge in [-0.1, -0.05) is 0 Å². The number of ketones is 1. The number of hydrogen-bond donors (Lipinski definition) is 0. The number of hydrogen-bond acceptors (Lipinski definition) is 3. The predicted octanol–water partition coefficient (Wildman–Crippen LogP) is 2.88. The normalized spacial score (nSPS) is 18.8. The van der Waals surface area contributed by atoms with Crippen molar-refractivity contribution in [2.45, 2.75) is 24.8 Å². The standard InChI is InChI=1S/C12H10ClF4NO2S/c13-5-7(19)9-6-2-4-21-8(6)1-3-18(9)11(20)12(16,17)10(14)15/h2,4,9-10H,1,3,5H2. The Morgan fingerprint density at radius 3 is 2.71 bits per heavy atom. The number of rotatable bonds is 4. The van der Waals surface area contributed by atoms with Gasteiger partial charge in [-0.15, -0.1) is 22.9 Å². The SMILES string of the molecule is O=C(CCl)C1c2ccsc2CCN1C(=O)C(F)(F)C(F)F. The maximum absolute atomic E-state index is 13.3. The summed E-state index contributed by atoms with van der Waals surface area (Å²) in [4.78, 5) is 24.9. The zero-order valence-electron chi connectivity index (χ0n) is 10.5. The van der Waals surface area contributed by atoms with Crippen LogP contribution in [0.3, 0.4) is 0 Å². The molecule has 0 aromatic carbocycles. The van der Waals surface area contributed by atoms with Crippen LogP contribution in [0.2, 0.25) is 0 Å². The van der Waals surface area contributed by atoms with Gasteiger partial charge in [-0.25, -0.2) is 8.78 Å². The molecule has 21 heavy (non-hydrogen) atoms. The van der Waals surface area contributed by atoms with Crippen molar-refractivity contribution in [1.29, 1.82) is 0 Å². The van der Waals surface area contributed by atoms with Crippen molar-refractivity contribution in [1.82, 2.24) is 4.90 Å². The first-order valence-corrected chi connectivity index (χ1v) is 7.34. The maximum Gasteiger partial charge on any atom is 0.383 e. The van der Waals surface area contributed by atoms with Gasteiger partial charge in [0.15, 0.2) is 5.78 Å². The van der Waals surface area contributed by atoms with Crippen molar-refractivity contribution in [2.24, 2.45) is 0 Å². The van der Waals surface area contributed by atoms with Crippen LogP contribution in [-0.2, 0) is 16.0 Å². The van der Waals surface area contributed by atoms with Gasteiger partial charge >= 0.3 is 12.3 Å². The summed E-state index contributed by atoms with van der Waals surface area (Å²) in [6.45, 7) is -0.220. The van der Waals surface area contributed by atoms with Crippen LogP contribution in [0.4, 0.5) is 17.6 Å². The molecule has 0 aliphatic carbocycles. The van der Waals surface area contributed by atoms with Crippen LogP contribution in [0.5, 0.6) is 0 Å². The highest BCUT2D eigenvalue weighted by Gasteiger charge is 2.53. The zero-order valence-corrected chi connectivity index (χ0v) is 12.1. The molecule has 1 atom stereocenters. The number of amides is 1. The molecule has 1 aliphatic rings. The molecule has 0 spiro atoms. The van der Waals surface area contributed by atoms with Gasteiger partial charge in [0.05, 0.1) is 5.88 Å². The molecule has 0 saturated heterocycles. The fourth-order valence-corrected chi connectivity index (χ4v) is 3.29. The minimum atomic E-state index is -4.82. The molecule has 1 aromatic rings. The predicted molar refractivity (Wildman–Crippen MR) is 69.2 cm³/mol. The van der Waals surface area contributed by atoms with Crippen LogP contribution in [0.15, 0.2) is 11.4 Å². The molecule has 116 valence electrons. The largest absolute Gasteiger partial charge is 0.383 e. The van der Waals surface area contributed by atoms with Crippen molar-refractivity contribution < 1.29 is 27.2 Å². The molecule has 2 rings (SSSR count). The summed E-state index contributed by atoms with van der Waals surface area (Å²) in [6.07, 6.45) is -3.88. The van der Waals surface area contributed by atoms with E-state index in [1.54, 1.807) is 5.38 Å². The van der Waals surface area contributed by atoms with Crippen molar-refractivity contribution in [3.63, 3.8) is 0 Å². The molecule has 1 aromatic heterocycles. The molecule has 0 bridgehead atoms. The summed E-state index contributed by atoms with van der Waals surface area (Å²) in [5.74, 6) is -8.03. The first-order chi connectivity index (χ1) is 9.80. The summed E-state index contributed by atoms with van der Waals surface area (Å²) < 4.78 is 51.3. The number of fused-ring (bicyclic) bond motifs is 1. The average Bonchev–Trinajstić information content (AvgIpc) is 2.92. The molecular weight excluding hydrogens is 334 g/mol. The van der Waals surface area contributed by atoms with Crippen LogP contribution < -0.4 is 0 Å². The molecule has 0 radical (unpaired) electrons. The van der Waals surface area contributed by atoms with Crippen LogP contribution in [0, 0.1) is 0 Å². The molecule has 1 unspecified atom stereocenters. The Kier molecular flexibility index (Phi) is 4.57. The van der Waals surface area contributed by atoms with E-state index in [9.17, 15) is 27.2 Å². The first-order valence-electron chi connectivity index (χ1n) is 5.92. The lowest BCUT2D eigenvalue weighted by Gasteiger charge is -2.36. The van der Waals surface area contributed by atoms with E-state index >= 15 is 0 Å². The zero-order chi connectivity index (χ0) is 15.8. The average molecular weight is 344 g/mol. The van der Waals surface area contributed by atoms with Crippen LogP contribution in [0.25, 0.3) is 0 Å². The molecule has 0 saturated carbocycles. The van der Waals surface area contributed by atoms with E-state index in [0.29, 0.717) is 10.5 Å². The van der Waals surface area contributed by atoms with E-state index in [0.717, 1.165) is 4.88 Å². The van der Waals surface area contributed by atoms with E-state index < -0.39 is 36.0 Å². The summed E-state index contributed by atoms with van der Waals surface area (Å²) >= 11 is 6.76. The quantitative estimate of drug-likeness (QED) is 0.623. The van der Waals surface area contributed by atoms with E-state index in [-0.39, 0.29) is 13.0 Å². The minimum Gasteiger partial charge on any atom is -0.323 e. The lowest BCUT2D eigenvalue weighted by molar-refractivity contribution is -0.184. The second kappa shape index (κ2) is 5.92. The van der Waals surface area contributed by atoms with Gasteiger partial charge < -0.3 is 4.90 Å². The number of carbonyl (C=O) groups is 2. The fraction of sp³-hybridized carbons (Fsp3) is 0.500. The van der Waals surface area contributed by atoms with Gasteiger partial charge in [-0.2, -0.15) is 8.78 Å². The third-order valence-electron chi connectivity index (χ3n) is 3.22. The Labute approximate surface area is 126 Å². The second-order valence-corrected chi connectivity index (χ2v) is 5.74. The third kappa shape index (κ3) is 2.78. The third-order valence-corrected chi connectivity index (χ3v) is 4.48. The van der Waals surface area contributed by atoms with Crippen LogP contribution in [0.1, 0.15) is 16.5 Å². The van der Waals surface area contributed by atoms with E-state index in [1.807, 2.05) is 0 Å². The van der Waals surface area contributed by atoms with E-state index in [2.05, 4.69) is 0 Å². The molecular formula is C12H10ClF4NO2S. The molecule has 3 nitrogen and oxygen atoms in total. The Morgan fingerprint density at radius 1 is 1.48 bits per heavy atom.